The lowest BCUT2D eigenvalue weighted by molar-refractivity contribution is -0.143. The van der Waals surface area contributed by atoms with Crippen LogP contribution < -0.4 is 14.8 Å². The molecule has 0 aromatic heterocycles. The number of ether oxygens (including phenoxy) is 2. The molecular weight excluding hydrogens is 552 g/mol. The van der Waals surface area contributed by atoms with Crippen molar-refractivity contribution in [2.75, 3.05) is 7.11 Å². The highest BCUT2D eigenvalue weighted by atomic mass is 32.2. The van der Waals surface area contributed by atoms with Crippen LogP contribution in [0.5, 0.6) is 11.5 Å². The van der Waals surface area contributed by atoms with Crippen molar-refractivity contribution >= 4 is 40.3 Å². The average molecular weight is 570 g/mol. The first-order chi connectivity index (χ1) is 17.8. The highest BCUT2D eigenvalue weighted by molar-refractivity contribution is 8.26. The maximum atomic E-state index is 13.6. The summed E-state index contributed by atoms with van der Waals surface area (Å²) in [5, 5.41) is 2.44. The van der Waals surface area contributed by atoms with Gasteiger partial charge in [0.1, 0.15) is 10.9 Å². The zero-order valence-electron chi connectivity index (χ0n) is 19.4. The standard InChI is InChI=1S/C26H17F6NO3S2/c1-35-20-8-15(9-21-23(34)33-24(37)38-21)7-19(22(20)36-13-14-5-3-2-4-6-14)16-10-17(25(27,28)29)12-18(11-16)26(30,31)32/h2-12H,13H2,1H3,(H,33,34,37)/b21-9-. The first-order valence-corrected chi connectivity index (χ1v) is 12.0. The van der Waals surface area contributed by atoms with Gasteiger partial charge in [0.05, 0.1) is 23.1 Å². The van der Waals surface area contributed by atoms with E-state index in [4.69, 9.17) is 21.7 Å². The Labute approximate surface area is 222 Å². The smallest absolute Gasteiger partial charge is 0.416 e. The molecule has 3 aromatic carbocycles. The molecule has 0 atom stereocenters. The largest absolute Gasteiger partial charge is 0.493 e. The first kappa shape index (κ1) is 27.5. The summed E-state index contributed by atoms with van der Waals surface area (Å²) in [6, 6.07) is 12.9. The van der Waals surface area contributed by atoms with Gasteiger partial charge in [-0.15, -0.1) is 0 Å². The van der Waals surface area contributed by atoms with E-state index in [2.05, 4.69) is 5.32 Å². The third-order valence-electron chi connectivity index (χ3n) is 5.36. The summed E-state index contributed by atoms with van der Waals surface area (Å²) in [5.74, 6) is -0.504. The normalized spacial score (nSPS) is 15.1. The van der Waals surface area contributed by atoms with Crippen molar-refractivity contribution in [3.63, 3.8) is 0 Å². The molecule has 0 radical (unpaired) electrons. The lowest BCUT2D eigenvalue weighted by atomic mass is 9.96. The second-order valence-electron chi connectivity index (χ2n) is 8.02. The third-order valence-corrected chi connectivity index (χ3v) is 6.52. The van der Waals surface area contributed by atoms with E-state index in [1.807, 2.05) is 0 Å². The Bertz CT molecular complexity index is 1390. The molecule has 0 spiro atoms. The van der Waals surface area contributed by atoms with Crippen LogP contribution in [0.15, 0.2) is 65.6 Å². The predicted molar refractivity (Wildman–Crippen MR) is 136 cm³/mol. The molecule has 1 N–H and O–H groups in total. The summed E-state index contributed by atoms with van der Waals surface area (Å²) >= 11 is 5.94. The zero-order chi connectivity index (χ0) is 27.7. The molecule has 3 aromatic rings. The number of hydrogen-bond acceptors (Lipinski definition) is 5. The summed E-state index contributed by atoms with van der Waals surface area (Å²) in [6.45, 7) is -0.0394. The number of benzene rings is 3. The molecule has 1 fully saturated rings. The van der Waals surface area contributed by atoms with Crippen LogP contribution in [0.2, 0.25) is 0 Å². The van der Waals surface area contributed by atoms with Crippen LogP contribution in [-0.4, -0.2) is 17.3 Å². The van der Waals surface area contributed by atoms with E-state index in [0.717, 1.165) is 11.8 Å². The summed E-state index contributed by atoms with van der Waals surface area (Å²) < 4.78 is 93.2. The summed E-state index contributed by atoms with van der Waals surface area (Å²) in [5.41, 5.74) is -2.45. The van der Waals surface area contributed by atoms with E-state index in [-0.39, 0.29) is 44.5 Å². The monoisotopic (exact) mass is 569 g/mol. The number of hydrogen-bond donors (Lipinski definition) is 1. The van der Waals surface area contributed by atoms with Crippen molar-refractivity contribution in [3.8, 4) is 22.6 Å². The quantitative estimate of drug-likeness (QED) is 0.190. The lowest BCUT2D eigenvalue weighted by Crippen LogP contribution is -2.17. The van der Waals surface area contributed by atoms with Crippen LogP contribution in [-0.2, 0) is 23.8 Å². The fourth-order valence-electron chi connectivity index (χ4n) is 3.63. The molecule has 38 heavy (non-hydrogen) atoms. The van der Waals surface area contributed by atoms with E-state index in [1.54, 1.807) is 30.3 Å². The minimum absolute atomic E-state index is 0.0394. The number of nitrogens with one attached hydrogen (secondary N) is 1. The second-order valence-corrected chi connectivity index (χ2v) is 9.74. The number of rotatable bonds is 6. The van der Waals surface area contributed by atoms with Crippen molar-refractivity contribution in [1.82, 2.24) is 5.32 Å². The van der Waals surface area contributed by atoms with E-state index in [0.29, 0.717) is 17.7 Å². The number of thiocarbonyl (C=S) groups is 1. The van der Waals surface area contributed by atoms with Gasteiger partial charge in [0.15, 0.2) is 11.5 Å². The SMILES string of the molecule is COc1cc(/C=C2\SC(=S)NC2=O)cc(-c2cc(C(F)(F)F)cc(C(F)(F)F)c2)c1OCc1ccccc1. The number of thioether (sulfide) groups is 1. The van der Waals surface area contributed by atoms with Crippen LogP contribution in [0.1, 0.15) is 22.3 Å². The molecule has 198 valence electrons. The number of methoxy groups -OCH3 is 1. The molecule has 1 aliphatic rings. The molecule has 0 bridgehead atoms. The Morgan fingerprint density at radius 1 is 0.947 bits per heavy atom. The number of amides is 1. The van der Waals surface area contributed by atoms with Gasteiger partial charge in [-0.1, -0.05) is 54.3 Å². The van der Waals surface area contributed by atoms with Gasteiger partial charge in [-0.2, -0.15) is 26.3 Å². The van der Waals surface area contributed by atoms with Gasteiger partial charge in [0, 0.05) is 5.56 Å². The molecule has 4 rings (SSSR count). The molecule has 0 aliphatic carbocycles. The number of carbonyl (C=O) groups is 1. The fraction of sp³-hybridized carbons (Fsp3) is 0.154. The van der Waals surface area contributed by atoms with Gasteiger partial charge in [-0.05, 0) is 53.1 Å². The van der Waals surface area contributed by atoms with Crippen molar-refractivity contribution < 1.29 is 40.6 Å². The summed E-state index contributed by atoms with van der Waals surface area (Å²) in [4.78, 5) is 12.3. The van der Waals surface area contributed by atoms with Crippen molar-refractivity contribution in [2.45, 2.75) is 19.0 Å². The molecule has 12 heteroatoms. The molecule has 0 saturated carbocycles. The van der Waals surface area contributed by atoms with Crippen molar-refractivity contribution in [1.29, 1.82) is 0 Å². The minimum Gasteiger partial charge on any atom is -0.493 e. The van der Waals surface area contributed by atoms with Crippen LogP contribution >= 0.6 is 24.0 Å². The van der Waals surface area contributed by atoms with E-state index in [9.17, 15) is 31.1 Å². The Kier molecular flexibility index (Phi) is 7.75. The van der Waals surface area contributed by atoms with Crippen molar-refractivity contribution in [3.05, 3.63) is 87.8 Å². The van der Waals surface area contributed by atoms with Gasteiger partial charge in [0.2, 0.25) is 0 Å². The Hall–Kier alpha value is -3.51. The van der Waals surface area contributed by atoms with Gasteiger partial charge in [-0.25, -0.2) is 0 Å². The molecular formula is C26H17F6NO3S2. The zero-order valence-corrected chi connectivity index (χ0v) is 21.0. The molecule has 1 amide bonds. The second kappa shape index (κ2) is 10.7. The van der Waals surface area contributed by atoms with E-state index < -0.39 is 35.0 Å². The number of halogens is 6. The third kappa shape index (κ3) is 6.30. The minimum atomic E-state index is -5.04. The molecule has 0 unspecified atom stereocenters. The highest BCUT2D eigenvalue weighted by Gasteiger charge is 2.37. The van der Waals surface area contributed by atoms with Crippen LogP contribution in [0, 0.1) is 0 Å². The fourth-order valence-corrected chi connectivity index (χ4v) is 4.68. The first-order valence-electron chi connectivity index (χ1n) is 10.8. The summed E-state index contributed by atoms with van der Waals surface area (Å²) in [7, 11) is 1.28. The van der Waals surface area contributed by atoms with Crippen LogP contribution in [0.4, 0.5) is 26.3 Å². The Morgan fingerprint density at radius 3 is 2.11 bits per heavy atom. The van der Waals surface area contributed by atoms with Gasteiger partial charge in [0.25, 0.3) is 5.91 Å². The topological polar surface area (TPSA) is 47.6 Å². The Balaban J connectivity index is 1.93. The number of carbonyl (C=O) groups excluding carboxylic acids is 1. The van der Waals surface area contributed by atoms with Gasteiger partial charge >= 0.3 is 12.4 Å². The van der Waals surface area contributed by atoms with Gasteiger partial charge in [-0.3, -0.25) is 4.79 Å². The highest BCUT2D eigenvalue weighted by Crippen LogP contribution is 2.45. The Morgan fingerprint density at radius 2 is 1.58 bits per heavy atom. The van der Waals surface area contributed by atoms with E-state index in [1.165, 1.54) is 25.3 Å². The van der Waals surface area contributed by atoms with Gasteiger partial charge < -0.3 is 14.8 Å². The van der Waals surface area contributed by atoms with Crippen LogP contribution in [0.3, 0.4) is 0 Å². The molecule has 1 heterocycles. The maximum Gasteiger partial charge on any atom is 0.416 e. The summed E-state index contributed by atoms with van der Waals surface area (Å²) in [6.07, 6.45) is -8.68. The average Bonchev–Trinajstić information content (AvgIpc) is 3.18. The lowest BCUT2D eigenvalue weighted by Gasteiger charge is -2.19. The van der Waals surface area contributed by atoms with Crippen molar-refractivity contribution in [2.24, 2.45) is 0 Å². The predicted octanol–water partition coefficient (Wildman–Crippen LogP) is 7.47. The molecule has 1 saturated heterocycles. The molecule has 4 nitrogen and oxygen atoms in total. The maximum absolute atomic E-state index is 13.6. The molecule has 1 aliphatic heterocycles. The number of alkyl halides is 6. The van der Waals surface area contributed by atoms with Crippen LogP contribution in [0.25, 0.3) is 17.2 Å². The van der Waals surface area contributed by atoms with E-state index >= 15 is 0 Å².